The molecule has 0 atom stereocenters. The zero-order valence-electron chi connectivity index (χ0n) is 8.13. The summed E-state index contributed by atoms with van der Waals surface area (Å²) in [4.78, 5) is 2.28. The van der Waals surface area contributed by atoms with Gasteiger partial charge in [0.05, 0.1) is 4.47 Å². The van der Waals surface area contributed by atoms with Crippen LogP contribution in [0.1, 0.15) is 13.3 Å². The third-order valence-corrected chi connectivity index (χ3v) is 3.41. The van der Waals surface area contributed by atoms with Gasteiger partial charge in [-0.2, -0.15) is 0 Å². The number of halogens is 2. The normalized spacial score (nSPS) is 16.9. The molecule has 0 aromatic heterocycles. The molecule has 0 spiro atoms. The van der Waals surface area contributed by atoms with Crippen molar-refractivity contribution in [3.05, 3.63) is 28.5 Å². The molecule has 76 valence electrons. The van der Waals surface area contributed by atoms with Crippen LogP contribution in [0.2, 0.25) is 0 Å². The van der Waals surface area contributed by atoms with Crippen molar-refractivity contribution >= 4 is 21.6 Å². The van der Waals surface area contributed by atoms with E-state index in [1.54, 1.807) is 0 Å². The maximum atomic E-state index is 13.0. The summed E-state index contributed by atoms with van der Waals surface area (Å²) in [7, 11) is 0. The summed E-state index contributed by atoms with van der Waals surface area (Å²) in [5.41, 5.74) is 1.11. The summed E-state index contributed by atoms with van der Waals surface area (Å²) in [6.45, 7) is 4.42. The van der Waals surface area contributed by atoms with Crippen molar-refractivity contribution in [1.82, 2.24) is 0 Å². The van der Waals surface area contributed by atoms with E-state index in [-0.39, 0.29) is 5.82 Å². The topological polar surface area (TPSA) is 3.24 Å². The average molecular weight is 258 g/mol. The Balaban J connectivity index is 2.08. The van der Waals surface area contributed by atoms with Gasteiger partial charge in [0.1, 0.15) is 5.82 Å². The van der Waals surface area contributed by atoms with Crippen LogP contribution in [0.4, 0.5) is 10.1 Å². The van der Waals surface area contributed by atoms with Crippen LogP contribution < -0.4 is 4.90 Å². The first kappa shape index (κ1) is 9.97. The Labute approximate surface area is 92.0 Å². The average Bonchev–Trinajstić information content (AvgIpc) is 2.09. The zero-order chi connectivity index (χ0) is 10.1. The van der Waals surface area contributed by atoms with E-state index in [1.807, 2.05) is 12.1 Å². The van der Waals surface area contributed by atoms with E-state index in [1.165, 1.54) is 12.5 Å². The molecule has 14 heavy (non-hydrogen) atoms. The molecular formula is C11H13BrFN. The molecule has 1 heterocycles. The van der Waals surface area contributed by atoms with Crippen molar-refractivity contribution in [1.29, 1.82) is 0 Å². The van der Waals surface area contributed by atoms with Crippen LogP contribution >= 0.6 is 15.9 Å². The van der Waals surface area contributed by atoms with Gasteiger partial charge in [-0.3, -0.25) is 0 Å². The lowest BCUT2D eigenvalue weighted by Crippen LogP contribution is -2.46. The molecule has 0 N–H and O–H groups in total. The van der Waals surface area contributed by atoms with E-state index < -0.39 is 0 Å². The molecule has 2 rings (SSSR count). The van der Waals surface area contributed by atoms with Gasteiger partial charge in [0.15, 0.2) is 0 Å². The fraction of sp³-hybridized carbons (Fsp3) is 0.455. The SMILES string of the molecule is CCC1CN(c2ccc(F)c(Br)c2)C1. The molecule has 1 nitrogen and oxygen atoms in total. The van der Waals surface area contributed by atoms with Crippen LogP contribution in [0, 0.1) is 11.7 Å². The third-order valence-electron chi connectivity index (χ3n) is 2.80. The fourth-order valence-corrected chi connectivity index (χ4v) is 2.09. The molecule has 0 amide bonds. The van der Waals surface area contributed by atoms with Crippen molar-refractivity contribution in [2.45, 2.75) is 13.3 Å². The van der Waals surface area contributed by atoms with Crippen molar-refractivity contribution in [3.63, 3.8) is 0 Å². The molecule has 1 aliphatic heterocycles. The molecule has 1 saturated heterocycles. The predicted molar refractivity (Wildman–Crippen MR) is 60.1 cm³/mol. The van der Waals surface area contributed by atoms with Gasteiger partial charge in [0.25, 0.3) is 0 Å². The first-order chi connectivity index (χ1) is 6.70. The Kier molecular flexibility index (Phi) is 2.77. The highest BCUT2D eigenvalue weighted by Crippen LogP contribution is 2.29. The Hall–Kier alpha value is -0.570. The maximum Gasteiger partial charge on any atom is 0.137 e. The number of hydrogen-bond donors (Lipinski definition) is 0. The molecular weight excluding hydrogens is 245 g/mol. The maximum absolute atomic E-state index is 13.0. The van der Waals surface area contributed by atoms with Gasteiger partial charge in [0, 0.05) is 18.8 Å². The summed E-state index contributed by atoms with van der Waals surface area (Å²) in [5, 5.41) is 0. The smallest absolute Gasteiger partial charge is 0.137 e. The monoisotopic (exact) mass is 257 g/mol. The minimum atomic E-state index is -0.193. The van der Waals surface area contributed by atoms with Crippen LogP contribution in [0.15, 0.2) is 22.7 Å². The Morgan fingerprint density at radius 2 is 2.21 bits per heavy atom. The number of rotatable bonds is 2. The first-order valence-electron chi connectivity index (χ1n) is 4.90. The molecule has 1 aromatic rings. The third kappa shape index (κ3) is 1.78. The number of benzene rings is 1. The van der Waals surface area contributed by atoms with Gasteiger partial charge in [-0.15, -0.1) is 0 Å². The Morgan fingerprint density at radius 1 is 1.50 bits per heavy atom. The van der Waals surface area contributed by atoms with Crippen molar-refractivity contribution in [2.75, 3.05) is 18.0 Å². The summed E-state index contributed by atoms with van der Waals surface area (Å²) in [5.74, 6) is 0.625. The first-order valence-corrected chi connectivity index (χ1v) is 5.70. The van der Waals surface area contributed by atoms with E-state index in [0.717, 1.165) is 24.7 Å². The predicted octanol–water partition coefficient (Wildman–Crippen LogP) is 3.43. The van der Waals surface area contributed by atoms with Gasteiger partial charge in [-0.1, -0.05) is 6.92 Å². The standard InChI is InChI=1S/C11H13BrFN/c1-2-8-6-14(7-8)9-3-4-11(13)10(12)5-9/h3-5,8H,2,6-7H2,1H3. The number of hydrogen-bond acceptors (Lipinski definition) is 1. The second kappa shape index (κ2) is 3.89. The molecule has 3 heteroatoms. The number of nitrogens with zero attached hydrogens (tertiary/aromatic N) is 1. The molecule has 0 saturated carbocycles. The lowest BCUT2D eigenvalue weighted by Gasteiger charge is -2.40. The lowest BCUT2D eigenvalue weighted by atomic mass is 9.97. The molecule has 1 aromatic carbocycles. The van der Waals surface area contributed by atoms with Crippen LogP contribution in [0.3, 0.4) is 0 Å². The van der Waals surface area contributed by atoms with Crippen molar-refractivity contribution in [2.24, 2.45) is 5.92 Å². The highest BCUT2D eigenvalue weighted by molar-refractivity contribution is 9.10. The highest BCUT2D eigenvalue weighted by atomic mass is 79.9. The minimum absolute atomic E-state index is 0.193. The summed E-state index contributed by atoms with van der Waals surface area (Å²) >= 11 is 3.20. The largest absolute Gasteiger partial charge is 0.371 e. The van der Waals surface area contributed by atoms with E-state index >= 15 is 0 Å². The Bertz CT molecular complexity index is 334. The lowest BCUT2D eigenvalue weighted by molar-refractivity contribution is 0.398. The van der Waals surface area contributed by atoms with E-state index in [0.29, 0.717) is 4.47 Å². The van der Waals surface area contributed by atoms with Gasteiger partial charge in [-0.25, -0.2) is 4.39 Å². The van der Waals surface area contributed by atoms with Gasteiger partial charge < -0.3 is 4.90 Å². The molecule has 1 aliphatic rings. The van der Waals surface area contributed by atoms with Crippen molar-refractivity contribution < 1.29 is 4.39 Å². The molecule has 1 fully saturated rings. The van der Waals surface area contributed by atoms with Crippen LogP contribution in [-0.4, -0.2) is 13.1 Å². The van der Waals surface area contributed by atoms with Crippen LogP contribution in [0.25, 0.3) is 0 Å². The van der Waals surface area contributed by atoms with Crippen molar-refractivity contribution in [3.8, 4) is 0 Å². The molecule has 0 radical (unpaired) electrons. The number of anilines is 1. The van der Waals surface area contributed by atoms with E-state index in [9.17, 15) is 4.39 Å². The minimum Gasteiger partial charge on any atom is -0.371 e. The Morgan fingerprint density at radius 3 is 2.79 bits per heavy atom. The molecule has 0 unspecified atom stereocenters. The van der Waals surface area contributed by atoms with Gasteiger partial charge in [0.2, 0.25) is 0 Å². The second-order valence-corrected chi connectivity index (χ2v) is 4.63. The zero-order valence-corrected chi connectivity index (χ0v) is 9.72. The molecule has 0 bridgehead atoms. The second-order valence-electron chi connectivity index (χ2n) is 3.78. The van der Waals surface area contributed by atoms with E-state index in [4.69, 9.17) is 0 Å². The van der Waals surface area contributed by atoms with Crippen LogP contribution in [0.5, 0.6) is 0 Å². The quantitative estimate of drug-likeness (QED) is 0.785. The molecule has 0 aliphatic carbocycles. The van der Waals surface area contributed by atoms with Gasteiger partial charge in [-0.05, 0) is 46.5 Å². The fourth-order valence-electron chi connectivity index (χ4n) is 1.72. The summed E-state index contributed by atoms with van der Waals surface area (Å²) < 4.78 is 13.5. The highest BCUT2D eigenvalue weighted by Gasteiger charge is 2.25. The van der Waals surface area contributed by atoms with E-state index in [2.05, 4.69) is 27.8 Å². The summed E-state index contributed by atoms with van der Waals surface area (Å²) in [6, 6.07) is 5.20. The van der Waals surface area contributed by atoms with Gasteiger partial charge >= 0.3 is 0 Å². The summed E-state index contributed by atoms with van der Waals surface area (Å²) in [6.07, 6.45) is 1.23. The van der Waals surface area contributed by atoms with Crippen LogP contribution in [-0.2, 0) is 0 Å².